The van der Waals surface area contributed by atoms with E-state index in [4.69, 9.17) is 19.3 Å². The van der Waals surface area contributed by atoms with E-state index in [1.165, 1.54) is 19.2 Å². The summed E-state index contributed by atoms with van der Waals surface area (Å²) in [5.74, 6) is -0.832. The molecule has 16 heteroatoms. The highest BCUT2D eigenvalue weighted by Crippen LogP contribution is 2.32. The van der Waals surface area contributed by atoms with Crippen molar-refractivity contribution < 1.29 is 48.1 Å². The van der Waals surface area contributed by atoms with Crippen LogP contribution in [-0.4, -0.2) is 85.1 Å². The predicted molar refractivity (Wildman–Crippen MR) is 259 cm³/mol. The van der Waals surface area contributed by atoms with Gasteiger partial charge in [-0.3, -0.25) is 19.2 Å². The summed E-state index contributed by atoms with van der Waals surface area (Å²) in [7, 11) is 4.54. The number of anilines is 2. The zero-order valence-electron chi connectivity index (χ0n) is 38.7. The van der Waals surface area contributed by atoms with Crippen LogP contribution >= 0.6 is 0 Å². The number of fused-ring (bicyclic) bond motifs is 2. The standard InChI is InChI=1S/C27H27N3O5.C26H25N3O5/c1-17(19-6-8-20(9-7-19)27(33)35-3)30-16-29-24-13-10-21(14-23(24)26(30)32)25(31)28-15-18-4-11-22(34-2)12-5-18;1-16(18-5-7-19(8-6-18)26(32)33)29-15-28-23-12-9-20(13-22(23)25(29)31)24(30)27-14-17-3-10-21(34-2)11-4-17/h4-14,17,29H,15-16H2,1-3H3,(H,28,31);3-13,16,28H,14-15H2,1-2H3,(H,27,30)(H,32,33). The molecular weight excluding hydrogens is 881 g/mol. The minimum absolute atomic E-state index is 0.173. The number of benzene rings is 6. The maximum Gasteiger partial charge on any atom is 0.337 e. The van der Waals surface area contributed by atoms with Crippen LogP contribution in [0.2, 0.25) is 0 Å². The first-order valence-corrected chi connectivity index (χ1v) is 22.0. The number of hydrogen-bond acceptors (Lipinski definition) is 11. The van der Waals surface area contributed by atoms with Gasteiger partial charge >= 0.3 is 11.9 Å². The lowest BCUT2D eigenvalue weighted by atomic mass is 10.0. The van der Waals surface area contributed by atoms with Gasteiger partial charge in [-0.2, -0.15) is 0 Å². The SMILES string of the molecule is COC(=O)c1ccc(C(C)N2CNc3ccc(C(=O)NCc4ccc(OC)cc4)cc3C2=O)cc1.COc1ccc(CNC(=O)c2ccc3c(c2)C(=O)N(C(C)c2ccc(C(=O)O)cc2)CN3)cc1. The monoisotopic (exact) mass is 932 g/mol. The van der Waals surface area contributed by atoms with Crippen LogP contribution in [0, 0.1) is 0 Å². The van der Waals surface area contributed by atoms with E-state index in [0.29, 0.717) is 65.6 Å². The van der Waals surface area contributed by atoms with E-state index in [-0.39, 0.29) is 41.3 Å². The van der Waals surface area contributed by atoms with Gasteiger partial charge in [0.05, 0.1) is 69.0 Å². The Morgan fingerprint density at radius 1 is 0.551 bits per heavy atom. The van der Waals surface area contributed by atoms with Gasteiger partial charge in [0.2, 0.25) is 0 Å². The molecule has 0 spiro atoms. The topological polar surface area (TPSA) is 205 Å². The fourth-order valence-electron chi connectivity index (χ4n) is 7.79. The van der Waals surface area contributed by atoms with Gasteiger partial charge in [0, 0.05) is 35.6 Å². The van der Waals surface area contributed by atoms with Gasteiger partial charge in [-0.15, -0.1) is 0 Å². The summed E-state index contributed by atoms with van der Waals surface area (Å²) in [5.41, 5.74) is 7.20. The second kappa shape index (κ2) is 21.8. The van der Waals surface area contributed by atoms with Gasteiger partial charge in [0.1, 0.15) is 11.5 Å². The first-order chi connectivity index (χ1) is 33.3. The highest BCUT2D eigenvalue weighted by Gasteiger charge is 2.31. The van der Waals surface area contributed by atoms with E-state index in [2.05, 4.69) is 21.3 Å². The first kappa shape index (κ1) is 48.3. The fourth-order valence-corrected chi connectivity index (χ4v) is 7.79. The van der Waals surface area contributed by atoms with Gasteiger partial charge in [-0.25, -0.2) is 9.59 Å². The second-order valence-corrected chi connectivity index (χ2v) is 16.2. The van der Waals surface area contributed by atoms with Crippen LogP contribution in [0.15, 0.2) is 133 Å². The molecule has 8 rings (SSSR count). The smallest absolute Gasteiger partial charge is 0.337 e. The molecule has 0 saturated carbocycles. The quantitative estimate of drug-likeness (QED) is 0.0662. The van der Waals surface area contributed by atoms with E-state index < -0.39 is 11.9 Å². The third-order valence-corrected chi connectivity index (χ3v) is 12.0. The van der Waals surface area contributed by atoms with E-state index in [0.717, 1.165) is 33.8 Å². The number of carbonyl (C=O) groups excluding carboxylic acids is 5. The summed E-state index contributed by atoms with van der Waals surface area (Å²) >= 11 is 0. The van der Waals surface area contributed by atoms with Gasteiger partial charge < -0.3 is 50.4 Å². The van der Waals surface area contributed by atoms with Crippen LogP contribution in [0.25, 0.3) is 0 Å². The van der Waals surface area contributed by atoms with Crippen molar-refractivity contribution in [1.82, 2.24) is 20.4 Å². The van der Waals surface area contributed by atoms with Crippen LogP contribution in [0.1, 0.15) is 110 Å². The van der Waals surface area contributed by atoms with Gasteiger partial charge in [-0.05, 0) is 121 Å². The van der Waals surface area contributed by atoms with Crippen LogP contribution in [0.4, 0.5) is 11.4 Å². The van der Waals surface area contributed by atoms with Crippen molar-refractivity contribution in [2.45, 2.75) is 39.0 Å². The molecule has 0 saturated heterocycles. The average Bonchev–Trinajstić information content (AvgIpc) is 3.39. The Hall–Kier alpha value is -8.66. The molecule has 0 aliphatic carbocycles. The number of hydrogen-bond donors (Lipinski definition) is 5. The summed E-state index contributed by atoms with van der Waals surface area (Å²) in [4.78, 5) is 78.2. The zero-order chi connectivity index (χ0) is 49.2. The van der Waals surface area contributed by atoms with Gasteiger partial charge in [-0.1, -0.05) is 48.5 Å². The molecule has 6 aromatic carbocycles. The number of carbonyl (C=O) groups is 6. The molecule has 2 aliphatic rings. The molecule has 354 valence electrons. The van der Waals surface area contributed by atoms with Crippen molar-refractivity contribution in [3.8, 4) is 11.5 Å². The first-order valence-electron chi connectivity index (χ1n) is 22.0. The Bertz CT molecular complexity index is 2850. The Kier molecular flexibility index (Phi) is 15.2. The van der Waals surface area contributed by atoms with E-state index >= 15 is 0 Å². The number of carboxylic acid groups (broad SMARTS) is 1. The minimum Gasteiger partial charge on any atom is -0.497 e. The Labute approximate surface area is 399 Å². The summed E-state index contributed by atoms with van der Waals surface area (Å²) in [6.07, 6.45) is 0. The second-order valence-electron chi connectivity index (χ2n) is 16.2. The molecule has 16 nitrogen and oxygen atoms in total. The van der Waals surface area contributed by atoms with Gasteiger partial charge in [0.25, 0.3) is 23.6 Å². The van der Waals surface area contributed by atoms with Crippen LogP contribution in [-0.2, 0) is 17.8 Å². The summed E-state index contributed by atoms with van der Waals surface area (Å²) in [6.45, 7) is 5.14. The van der Waals surface area contributed by atoms with Crippen molar-refractivity contribution in [3.05, 3.63) is 189 Å². The van der Waals surface area contributed by atoms with Crippen molar-refractivity contribution >= 4 is 46.9 Å². The van der Waals surface area contributed by atoms with Crippen LogP contribution in [0.5, 0.6) is 11.5 Å². The number of amides is 4. The number of carboxylic acids is 1. The Morgan fingerprint density at radius 3 is 1.29 bits per heavy atom. The fraction of sp³-hybridized carbons (Fsp3) is 0.208. The van der Waals surface area contributed by atoms with Crippen molar-refractivity contribution in [2.24, 2.45) is 0 Å². The lowest BCUT2D eigenvalue weighted by molar-refractivity contribution is 0.0597. The molecule has 4 amide bonds. The molecule has 69 heavy (non-hydrogen) atoms. The number of nitrogens with zero attached hydrogens (tertiary/aromatic N) is 2. The molecule has 2 atom stereocenters. The summed E-state index contributed by atoms with van der Waals surface area (Å²) in [5, 5.41) is 21.3. The Balaban J connectivity index is 0.000000204. The zero-order valence-corrected chi connectivity index (χ0v) is 38.7. The molecule has 0 fully saturated rings. The third kappa shape index (κ3) is 11.3. The van der Waals surface area contributed by atoms with E-state index in [1.54, 1.807) is 84.7 Å². The largest absolute Gasteiger partial charge is 0.497 e. The maximum atomic E-state index is 13.3. The molecule has 6 aromatic rings. The normalized spacial score (nSPS) is 13.4. The van der Waals surface area contributed by atoms with E-state index in [1.807, 2.05) is 74.5 Å². The summed E-state index contributed by atoms with van der Waals surface area (Å²) < 4.78 is 15.0. The highest BCUT2D eigenvalue weighted by molar-refractivity contribution is 6.06. The molecule has 2 unspecified atom stereocenters. The molecule has 0 aromatic heterocycles. The lowest BCUT2D eigenvalue weighted by Crippen LogP contribution is -2.41. The molecule has 0 radical (unpaired) electrons. The third-order valence-electron chi connectivity index (χ3n) is 12.0. The van der Waals surface area contributed by atoms with Gasteiger partial charge in [0.15, 0.2) is 0 Å². The molecule has 2 heterocycles. The average molecular weight is 933 g/mol. The number of aromatic carboxylic acids is 1. The van der Waals surface area contributed by atoms with Crippen LogP contribution in [0.3, 0.4) is 0 Å². The minimum atomic E-state index is -0.998. The van der Waals surface area contributed by atoms with Crippen molar-refractivity contribution in [1.29, 1.82) is 0 Å². The maximum absolute atomic E-state index is 13.3. The predicted octanol–water partition coefficient (Wildman–Crippen LogP) is 7.91. The Morgan fingerprint density at radius 2 is 0.928 bits per heavy atom. The molecule has 0 bridgehead atoms. The summed E-state index contributed by atoms with van der Waals surface area (Å²) in [6, 6.07) is 37.8. The number of rotatable bonds is 14. The van der Waals surface area contributed by atoms with E-state index in [9.17, 15) is 28.8 Å². The molecular formula is C53H52N6O10. The molecule has 5 N–H and O–H groups in total. The number of nitrogens with one attached hydrogen (secondary N) is 4. The van der Waals surface area contributed by atoms with Crippen LogP contribution < -0.4 is 30.7 Å². The number of ether oxygens (including phenoxy) is 3. The highest BCUT2D eigenvalue weighted by atomic mass is 16.5. The van der Waals surface area contributed by atoms with Crippen molar-refractivity contribution in [3.63, 3.8) is 0 Å². The molecule has 2 aliphatic heterocycles. The number of methoxy groups -OCH3 is 3. The number of esters is 1. The van der Waals surface area contributed by atoms with Crippen molar-refractivity contribution in [2.75, 3.05) is 45.3 Å². The lowest BCUT2D eigenvalue weighted by Gasteiger charge is -2.34.